The molecule has 2 rings (SSSR count). The second-order valence-electron chi connectivity index (χ2n) is 4.21. The first-order valence-electron chi connectivity index (χ1n) is 5.47. The van der Waals surface area contributed by atoms with Gasteiger partial charge in [0.25, 0.3) is 0 Å². The Kier molecular flexibility index (Phi) is 3.08. The minimum atomic E-state index is -0.980. The zero-order valence-electron chi connectivity index (χ0n) is 9.41. The van der Waals surface area contributed by atoms with Gasteiger partial charge in [-0.25, -0.2) is 14.5 Å². The highest BCUT2D eigenvalue weighted by atomic mass is 16.4. The van der Waals surface area contributed by atoms with Crippen molar-refractivity contribution in [2.45, 2.75) is 31.8 Å². The van der Waals surface area contributed by atoms with Crippen LogP contribution < -0.4 is 5.32 Å². The van der Waals surface area contributed by atoms with E-state index >= 15 is 0 Å². The highest BCUT2D eigenvalue weighted by Crippen LogP contribution is 2.32. The molecule has 1 aromatic heterocycles. The molecular formula is C10H14N4O3. The van der Waals surface area contributed by atoms with E-state index in [0.717, 1.165) is 12.8 Å². The minimum Gasteiger partial charge on any atom is -0.480 e. The number of hydrogen-bond donors (Lipinski definition) is 2. The van der Waals surface area contributed by atoms with Crippen LogP contribution in [0.5, 0.6) is 0 Å². The smallest absolute Gasteiger partial charge is 0.326 e. The van der Waals surface area contributed by atoms with Gasteiger partial charge in [-0.15, -0.1) is 0 Å². The van der Waals surface area contributed by atoms with Crippen LogP contribution in [0.1, 0.15) is 25.8 Å². The first-order valence-corrected chi connectivity index (χ1v) is 5.47. The van der Waals surface area contributed by atoms with Crippen LogP contribution in [-0.4, -0.2) is 37.8 Å². The molecule has 2 atom stereocenters. The van der Waals surface area contributed by atoms with Crippen LogP contribution in [-0.2, 0) is 9.59 Å². The molecule has 0 bridgehead atoms. The molecule has 1 aromatic rings. The molecular weight excluding hydrogens is 224 g/mol. The van der Waals surface area contributed by atoms with Crippen molar-refractivity contribution in [2.24, 2.45) is 5.92 Å². The summed E-state index contributed by atoms with van der Waals surface area (Å²) in [6.07, 6.45) is 4.47. The fourth-order valence-corrected chi connectivity index (χ4v) is 1.62. The van der Waals surface area contributed by atoms with Gasteiger partial charge in [-0.1, -0.05) is 0 Å². The van der Waals surface area contributed by atoms with Crippen LogP contribution in [0.4, 0.5) is 0 Å². The lowest BCUT2D eigenvalue weighted by atomic mass is 10.1. The van der Waals surface area contributed by atoms with E-state index in [1.807, 2.05) is 0 Å². The summed E-state index contributed by atoms with van der Waals surface area (Å²) in [5, 5.41) is 15.4. The van der Waals surface area contributed by atoms with Crippen LogP contribution in [0, 0.1) is 5.92 Å². The molecule has 2 unspecified atom stereocenters. The minimum absolute atomic E-state index is 0.0689. The number of carboxylic acid groups (broad SMARTS) is 1. The lowest BCUT2D eigenvalue weighted by Gasteiger charge is -2.17. The molecule has 1 saturated carbocycles. The van der Waals surface area contributed by atoms with Gasteiger partial charge in [0.2, 0.25) is 5.91 Å². The van der Waals surface area contributed by atoms with Crippen LogP contribution in [0.3, 0.4) is 0 Å². The van der Waals surface area contributed by atoms with Gasteiger partial charge in [-0.2, -0.15) is 5.10 Å². The number of rotatable bonds is 5. The molecule has 17 heavy (non-hydrogen) atoms. The Labute approximate surface area is 97.8 Å². The van der Waals surface area contributed by atoms with Crippen LogP contribution in [0.25, 0.3) is 0 Å². The standard InChI is InChI=1S/C10H14N4O3/c1-6(14-5-11-4-12-14)9(15)13-8(10(16)17)7-2-3-7/h4-8H,2-3H2,1H3,(H,13,15)(H,16,17). The SMILES string of the molecule is CC(C(=O)NC(C(=O)O)C1CC1)n1cncn1. The van der Waals surface area contributed by atoms with Crippen LogP contribution >= 0.6 is 0 Å². The van der Waals surface area contributed by atoms with Gasteiger partial charge >= 0.3 is 5.97 Å². The Hall–Kier alpha value is -1.92. The summed E-state index contributed by atoms with van der Waals surface area (Å²) in [5.74, 6) is -1.26. The quantitative estimate of drug-likeness (QED) is 0.741. The molecule has 1 heterocycles. The summed E-state index contributed by atoms with van der Waals surface area (Å²) in [4.78, 5) is 26.5. The molecule has 0 aliphatic heterocycles. The lowest BCUT2D eigenvalue weighted by Crippen LogP contribution is -2.45. The molecule has 2 N–H and O–H groups in total. The second kappa shape index (κ2) is 4.52. The summed E-state index contributed by atoms with van der Waals surface area (Å²) < 4.78 is 1.39. The molecule has 0 radical (unpaired) electrons. The largest absolute Gasteiger partial charge is 0.480 e. The van der Waals surface area contributed by atoms with Gasteiger partial charge in [0, 0.05) is 0 Å². The lowest BCUT2D eigenvalue weighted by molar-refractivity contribution is -0.143. The van der Waals surface area contributed by atoms with E-state index in [1.54, 1.807) is 6.92 Å². The fourth-order valence-electron chi connectivity index (χ4n) is 1.62. The van der Waals surface area contributed by atoms with Gasteiger partial charge in [0.05, 0.1) is 0 Å². The van der Waals surface area contributed by atoms with Crippen LogP contribution in [0.15, 0.2) is 12.7 Å². The summed E-state index contributed by atoms with van der Waals surface area (Å²) >= 11 is 0. The fraction of sp³-hybridized carbons (Fsp3) is 0.600. The van der Waals surface area contributed by atoms with Crippen molar-refractivity contribution in [1.82, 2.24) is 20.1 Å². The van der Waals surface area contributed by atoms with Crippen molar-refractivity contribution in [1.29, 1.82) is 0 Å². The molecule has 1 aliphatic rings. The maximum atomic E-state index is 11.8. The van der Waals surface area contributed by atoms with Crippen molar-refractivity contribution in [3.63, 3.8) is 0 Å². The maximum absolute atomic E-state index is 11.8. The zero-order valence-corrected chi connectivity index (χ0v) is 9.41. The molecule has 0 saturated heterocycles. The molecule has 92 valence electrons. The molecule has 7 heteroatoms. The third kappa shape index (κ3) is 2.61. The number of aliphatic carboxylic acids is 1. The van der Waals surface area contributed by atoms with E-state index in [9.17, 15) is 9.59 Å². The second-order valence-corrected chi connectivity index (χ2v) is 4.21. The number of carbonyl (C=O) groups excluding carboxylic acids is 1. The zero-order chi connectivity index (χ0) is 12.4. The Morgan fingerprint density at radius 3 is 2.71 bits per heavy atom. The van der Waals surface area contributed by atoms with E-state index in [4.69, 9.17) is 5.11 Å². The van der Waals surface area contributed by atoms with Gasteiger partial charge in [0.1, 0.15) is 24.7 Å². The number of hydrogen-bond acceptors (Lipinski definition) is 4. The molecule has 0 spiro atoms. The average Bonchev–Trinajstić information content (AvgIpc) is 2.98. The first kappa shape index (κ1) is 11.6. The number of amides is 1. The molecule has 0 aromatic carbocycles. The monoisotopic (exact) mass is 238 g/mol. The third-order valence-electron chi connectivity index (χ3n) is 2.87. The summed E-state index contributed by atoms with van der Waals surface area (Å²) in [6, 6.07) is -1.34. The van der Waals surface area contributed by atoms with E-state index < -0.39 is 18.1 Å². The molecule has 1 amide bonds. The van der Waals surface area contributed by atoms with Gasteiger partial charge in [0.15, 0.2) is 0 Å². The van der Waals surface area contributed by atoms with E-state index in [1.165, 1.54) is 17.3 Å². The Bertz CT molecular complexity index is 413. The number of nitrogens with zero attached hydrogens (tertiary/aromatic N) is 3. The Morgan fingerprint density at radius 2 is 2.24 bits per heavy atom. The van der Waals surface area contributed by atoms with Crippen LogP contribution in [0.2, 0.25) is 0 Å². The number of carbonyl (C=O) groups is 2. The summed E-state index contributed by atoms with van der Waals surface area (Å²) in [5.41, 5.74) is 0. The number of nitrogens with one attached hydrogen (secondary N) is 1. The Balaban J connectivity index is 1.98. The number of carboxylic acids is 1. The number of aromatic nitrogens is 3. The normalized spacial score (nSPS) is 18.4. The first-order chi connectivity index (χ1) is 8.09. The highest BCUT2D eigenvalue weighted by Gasteiger charge is 2.38. The van der Waals surface area contributed by atoms with Gasteiger partial charge in [-0.05, 0) is 25.7 Å². The maximum Gasteiger partial charge on any atom is 0.326 e. The topological polar surface area (TPSA) is 97.1 Å². The summed E-state index contributed by atoms with van der Waals surface area (Å²) in [7, 11) is 0. The Morgan fingerprint density at radius 1 is 1.53 bits per heavy atom. The van der Waals surface area contributed by atoms with E-state index in [-0.39, 0.29) is 11.8 Å². The van der Waals surface area contributed by atoms with Crippen molar-refractivity contribution in [3.05, 3.63) is 12.7 Å². The van der Waals surface area contributed by atoms with E-state index in [2.05, 4.69) is 15.4 Å². The highest BCUT2D eigenvalue weighted by molar-refractivity contribution is 5.86. The van der Waals surface area contributed by atoms with Crippen molar-refractivity contribution in [3.8, 4) is 0 Å². The predicted octanol–water partition coefficient (Wildman–Crippen LogP) is -0.182. The third-order valence-corrected chi connectivity index (χ3v) is 2.87. The van der Waals surface area contributed by atoms with E-state index in [0.29, 0.717) is 0 Å². The summed E-state index contributed by atoms with van der Waals surface area (Å²) in [6.45, 7) is 1.65. The van der Waals surface area contributed by atoms with Gasteiger partial charge < -0.3 is 10.4 Å². The molecule has 1 fully saturated rings. The van der Waals surface area contributed by atoms with Crippen molar-refractivity contribution >= 4 is 11.9 Å². The predicted molar refractivity (Wildman–Crippen MR) is 57.0 cm³/mol. The molecule has 1 aliphatic carbocycles. The average molecular weight is 238 g/mol. The van der Waals surface area contributed by atoms with Crippen molar-refractivity contribution < 1.29 is 14.7 Å². The molecule has 7 nitrogen and oxygen atoms in total. The van der Waals surface area contributed by atoms with Crippen molar-refractivity contribution in [2.75, 3.05) is 0 Å². The van der Waals surface area contributed by atoms with Gasteiger partial charge in [-0.3, -0.25) is 4.79 Å².